The third kappa shape index (κ3) is 3.10. The number of carbonyl (C=O) groups is 2. The summed E-state index contributed by atoms with van der Waals surface area (Å²) in [5.41, 5.74) is 0. The summed E-state index contributed by atoms with van der Waals surface area (Å²) in [7, 11) is 0. The molecule has 0 saturated carbocycles. The predicted octanol–water partition coefficient (Wildman–Crippen LogP) is 2.89. The molecule has 0 amide bonds. The average Bonchev–Trinajstić information content (AvgIpc) is 2.61. The van der Waals surface area contributed by atoms with Crippen LogP contribution in [-0.4, -0.2) is 25.2 Å². The van der Waals surface area contributed by atoms with E-state index >= 15 is 0 Å². The first-order valence-electron chi connectivity index (χ1n) is 4.58. The van der Waals surface area contributed by atoms with Gasteiger partial charge in [0.05, 0.1) is 13.2 Å². The van der Waals surface area contributed by atoms with Crippen LogP contribution in [0.15, 0.2) is 0 Å². The van der Waals surface area contributed by atoms with Gasteiger partial charge in [0, 0.05) is 0 Å². The van der Waals surface area contributed by atoms with E-state index in [1.165, 1.54) is 0 Å². The third-order valence-electron chi connectivity index (χ3n) is 1.50. The molecule has 0 spiro atoms. The number of rotatable bonds is 4. The van der Waals surface area contributed by atoms with E-state index in [2.05, 4.69) is 0 Å². The highest BCUT2D eigenvalue weighted by atomic mass is 32.2. The average molecular weight is 278 g/mol. The Morgan fingerprint density at radius 3 is 1.75 bits per heavy atom. The summed E-state index contributed by atoms with van der Waals surface area (Å²) in [4.78, 5) is 23.5. The number of hydrogen-bond donors (Lipinski definition) is 0. The van der Waals surface area contributed by atoms with Crippen molar-refractivity contribution in [3.63, 3.8) is 0 Å². The van der Waals surface area contributed by atoms with Crippen molar-refractivity contribution in [3.05, 3.63) is 12.9 Å². The third-order valence-corrected chi connectivity index (χ3v) is 4.11. The molecule has 1 aromatic heterocycles. The van der Waals surface area contributed by atoms with Crippen LogP contribution in [0.3, 0.4) is 0 Å². The first-order valence-corrected chi connectivity index (χ1v) is 6.62. The van der Waals surface area contributed by atoms with Gasteiger partial charge in [0.25, 0.3) is 0 Å². The molecule has 0 unspecified atom stereocenters. The zero-order valence-electron chi connectivity index (χ0n) is 8.77. The van der Waals surface area contributed by atoms with E-state index in [0.29, 0.717) is 3.14 Å². The number of ether oxygens (including phenoxy) is 2. The van der Waals surface area contributed by atoms with Crippen LogP contribution in [0.4, 0.5) is 0 Å². The Morgan fingerprint density at radius 2 is 1.44 bits per heavy atom. The highest BCUT2D eigenvalue weighted by molar-refractivity contribution is 7.76. The standard InChI is InChI=1S/C9H10O4S3/c1-3-12-7(10)5-6(8(11)13-4-2)16-9(14)15-5/h3-4H2,1-2H3. The molecular weight excluding hydrogens is 268 g/mol. The first-order chi connectivity index (χ1) is 7.60. The van der Waals surface area contributed by atoms with Gasteiger partial charge in [-0.3, -0.25) is 0 Å². The fourth-order valence-electron chi connectivity index (χ4n) is 0.942. The Balaban J connectivity index is 3.04. The maximum absolute atomic E-state index is 11.5. The van der Waals surface area contributed by atoms with Crippen molar-refractivity contribution >= 4 is 46.8 Å². The van der Waals surface area contributed by atoms with Crippen molar-refractivity contribution in [1.82, 2.24) is 0 Å². The van der Waals surface area contributed by atoms with Crippen molar-refractivity contribution in [2.45, 2.75) is 13.8 Å². The smallest absolute Gasteiger partial charge is 0.350 e. The van der Waals surface area contributed by atoms with Gasteiger partial charge in [-0.2, -0.15) is 0 Å². The normalized spacial score (nSPS) is 9.88. The van der Waals surface area contributed by atoms with Crippen LogP contribution in [0, 0.1) is 3.14 Å². The maximum atomic E-state index is 11.5. The minimum Gasteiger partial charge on any atom is -0.462 e. The Hall–Kier alpha value is -0.790. The monoisotopic (exact) mass is 278 g/mol. The topological polar surface area (TPSA) is 52.6 Å². The van der Waals surface area contributed by atoms with E-state index < -0.39 is 11.9 Å². The highest BCUT2D eigenvalue weighted by Gasteiger charge is 2.22. The van der Waals surface area contributed by atoms with Crippen LogP contribution < -0.4 is 0 Å². The number of hydrogen-bond acceptors (Lipinski definition) is 7. The minimum atomic E-state index is -0.525. The van der Waals surface area contributed by atoms with Gasteiger partial charge in [-0.15, -0.1) is 22.7 Å². The Kier molecular flexibility index (Phi) is 5.04. The minimum absolute atomic E-state index is 0.232. The summed E-state index contributed by atoms with van der Waals surface area (Å²) in [6, 6.07) is 0. The SMILES string of the molecule is CCOC(=O)c1sc(=S)sc1C(=O)OCC. The van der Waals surface area contributed by atoms with Crippen LogP contribution >= 0.6 is 34.9 Å². The fourth-order valence-corrected chi connectivity index (χ4v) is 3.33. The van der Waals surface area contributed by atoms with Gasteiger partial charge in [0.15, 0.2) is 0 Å². The molecule has 0 atom stereocenters. The summed E-state index contributed by atoms with van der Waals surface area (Å²) in [6.45, 7) is 3.92. The molecule has 0 N–H and O–H groups in total. The summed E-state index contributed by atoms with van der Waals surface area (Å²) >= 11 is 7.10. The molecular formula is C9H10O4S3. The molecule has 16 heavy (non-hydrogen) atoms. The second-order valence-electron chi connectivity index (χ2n) is 2.55. The molecule has 0 aliphatic carbocycles. The summed E-state index contributed by atoms with van der Waals surface area (Å²) < 4.78 is 10.2. The van der Waals surface area contributed by atoms with E-state index in [9.17, 15) is 9.59 Å². The van der Waals surface area contributed by atoms with Crippen molar-refractivity contribution < 1.29 is 19.1 Å². The van der Waals surface area contributed by atoms with Crippen LogP contribution in [0.5, 0.6) is 0 Å². The molecule has 0 saturated heterocycles. The van der Waals surface area contributed by atoms with Crippen molar-refractivity contribution in [2.75, 3.05) is 13.2 Å². The lowest BCUT2D eigenvalue weighted by Gasteiger charge is -2.02. The fraction of sp³-hybridized carbons (Fsp3) is 0.444. The summed E-state index contributed by atoms with van der Waals surface area (Å²) in [6.07, 6.45) is 0. The van der Waals surface area contributed by atoms with Gasteiger partial charge in [-0.1, -0.05) is 12.2 Å². The lowest BCUT2D eigenvalue weighted by molar-refractivity contribution is 0.0488. The van der Waals surface area contributed by atoms with Crippen LogP contribution in [0.25, 0.3) is 0 Å². The molecule has 0 radical (unpaired) electrons. The van der Waals surface area contributed by atoms with Gasteiger partial charge in [-0.25, -0.2) is 9.59 Å². The predicted molar refractivity (Wildman–Crippen MR) is 64.9 cm³/mol. The molecule has 0 aliphatic rings. The van der Waals surface area contributed by atoms with E-state index in [1.54, 1.807) is 13.8 Å². The van der Waals surface area contributed by atoms with Gasteiger partial charge >= 0.3 is 11.9 Å². The molecule has 1 rings (SSSR count). The van der Waals surface area contributed by atoms with Gasteiger partial charge in [-0.05, 0) is 13.8 Å². The van der Waals surface area contributed by atoms with Crippen molar-refractivity contribution in [3.8, 4) is 0 Å². The zero-order chi connectivity index (χ0) is 12.1. The maximum Gasteiger partial charge on any atom is 0.350 e. The van der Waals surface area contributed by atoms with Crippen LogP contribution in [0.1, 0.15) is 33.2 Å². The van der Waals surface area contributed by atoms with E-state index in [1.807, 2.05) is 0 Å². The van der Waals surface area contributed by atoms with Gasteiger partial charge < -0.3 is 9.47 Å². The van der Waals surface area contributed by atoms with E-state index in [4.69, 9.17) is 21.7 Å². The van der Waals surface area contributed by atoms with Crippen LogP contribution in [0.2, 0.25) is 0 Å². The van der Waals surface area contributed by atoms with Gasteiger partial charge in [0.2, 0.25) is 0 Å². The van der Waals surface area contributed by atoms with Crippen molar-refractivity contribution in [2.24, 2.45) is 0 Å². The molecule has 0 aromatic carbocycles. The molecule has 88 valence electrons. The first kappa shape index (κ1) is 13.3. The van der Waals surface area contributed by atoms with E-state index in [0.717, 1.165) is 22.7 Å². The lowest BCUT2D eigenvalue weighted by Crippen LogP contribution is -2.10. The molecule has 4 nitrogen and oxygen atoms in total. The molecule has 1 aromatic rings. The Labute approximate surface area is 106 Å². The highest BCUT2D eigenvalue weighted by Crippen LogP contribution is 2.26. The van der Waals surface area contributed by atoms with Crippen molar-refractivity contribution in [1.29, 1.82) is 0 Å². The quantitative estimate of drug-likeness (QED) is 0.626. The second-order valence-corrected chi connectivity index (χ2v) is 5.78. The molecule has 7 heteroatoms. The Morgan fingerprint density at radius 1 is 1.06 bits per heavy atom. The summed E-state index contributed by atoms with van der Waals surface area (Å²) in [5.74, 6) is -1.05. The lowest BCUT2D eigenvalue weighted by atomic mass is 10.4. The number of carbonyl (C=O) groups excluding carboxylic acids is 2. The molecule has 0 fully saturated rings. The molecule has 0 aliphatic heterocycles. The molecule has 0 bridgehead atoms. The van der Waals surface area contributed by atoms with Gasteiger partial charge in [0.1, 0.15) is 12.9 Å². The van der Waals surface area contributed by atoms with E-state index in [-0.39, 0.29) is 23.0 Å². The number of esters is 2. The summed E-state index contributed by atoms with van der Waals surface area (Å²) in [5, 5.41) is 0. The Bertz CT molecular complexity index is 407. The largest absolute Gasteiger partial charge is 0.462 e. The second kappa shape index (κ2) is 6.07. The molecule has 1 heterocycles. The zero-order valence-corrected chi connectivity index (χ0v) is 11.2. The van der Waals surface area contributed by atoms with Crippen LogP contribution in [-0.2, 0) is 9.47 Å².